The summed E-state index contributed by atoms with van der Waals surface area (Å²) < 4.78 is 6.63. The van der Waals surface area contributed by atoms with Crippen molar-refractivity contribution in [2.45, 2.75) is 25.8 Å². The molecule has 1 aromatic heterocycles. The second kappa shape index (κ2) is 4.01. The van der Waals surface area contributed by atoms with Crippen LogP contribution in [-0.2, 0) is 0 Å². The molecular formula is C12H14N2O2. The first-order chi connectivity index (χ1) is 7.69. The van der Waals surface area contributed by atoms with E-state index < -0.39 is 0 Å². The zero-order valence-corrected chi connectivity index (χ0v) is 9.43. The molecule has 0 N–H and O–H groups in total. The molecule has 0 saturated heterocycles. The minimum Gasteiger partial charge on any atom is -0.495 e. The first-order valence-electron chi connectivity index (χ1n) is 5.38. The molecule has 1 unspecified atom stereocenters. The summed E-state index contributed by atoms with van der Waals surface area (Å²) in [5, 5.41) is 8.95. The number of hydrogen-bond donors (Lipinski definition) is 0. The van der Waals surface area contributed by atoms with Crippen LogP contribution in [0.25, 0.3) is 0 Å². The highest BCUT2D eigenvalue weighted by Gasteiger charge is 2.30. The Morgan fingerprint density at radius 2 is 2.31 bits per heavy atom. The fourth-order valence-electron chi connectivity index (χ4n) is 1.93. The first-order valence-corrected chi connectivity index (χ1v) is 5.38. The summed E-state index contributed by atoms with van der Waals surface area (Å²) in [5.41, 5.74) is -0.154. The highest BCUT2D eigenvalue weighted by Crippen LogP contribution is 2.38. The van der Waals surface area contributed by atoms with E-state index in [4.69, 9.17) is 10.00 Å². The molecule has 16 heavy (non-hydrogen) atoms. The Bertz CT molecular complexity index is 495. The van der Waals surface area contributed by atoms with E-state index >= 15 is 0 Å². The number of aromatic nitrogens is 1. The third-order valence-corrected chi connectivity index (χ3v) is 3.16. The Morgan fingerprint density at radius 1 is 1.62 bits per heavy atom. The molecule has 0 aliphatic heterocycles. The maximum absolute atomic E-state index is 12.0. The molecule has 1 aliphatic rings. The highest BCUT2D eigenvalue weighted by molar-refractivity contribution is 5.40. The van der Waals surface area contributed by atoms with Gasteiger partial charge in [0, 0.05) is 12.2 Å². The van der Waals surface area contributed by atoms with E-state index in [9.17, 15) is 4.79 Å². The lowest BCUT2D eigenvalue weighted by molar-refractivity contribution is 0.405. The molecule has 84 valence electrons. The molecule has 0 amide bonds. The van der Waals surface area contributed by atoms with Crippen LogP contribution in [0.3, 0.4) is 0 Å². The van der Waals surface area contributed by atoms with Crippen molar-refractivity contribution < 1.29 is 4.74 Å². The van der Waals surface area contributed by atoms with Crippen LogP contribution in [0.2, 0.25) is 0 Å². The van der Waals surface area contributed by atoms with E-state index in [2.05, 4.69) is 0 Å². The molecule has 1 atom stereocenters. The first kappa shape index (κ1) is 10.7. The van der Waals surface area contributed by atoms with Gasteiger partial charge in [-0.2, -0.15) is 5.26 Å². The maximum Gasteiger partial charge on any atom is 0.272 e. The van der Waals surface area contributed by atoms with Gasteiger partial charge in [-0.3, -0.25) is 4.79 Å². The Kier molecular flexibility index (Phi) is 2.69. The molecule has 4 heteroatoms. The minimum atomic E-state index is -0.249. The molecule has 0 radical (unpaired) electrons. The van der Waals surface area contributed by atoms with Crippen molar-refractivity contribution >= 4 is 0 Å². The van der Waals surface area contributed by atoms with Crippen molar-refractivity contribution in [3.8, 4) is 11.8 Å². The summed E-state index contributed by atoms with van der Waals surface area (Å²) in [6, 6.07) is 3.76. The largest absolute Gasteiger partial charge is 0.495 e. The summed E-state index contributed by atoms with van der Waals surface area (Å²) in [4.78, 5) is 12.0. The smallest absolute Gasteiger partial charge is 0.272 e. The van der Waals surface area contributed by atoms with Crippen molar-refractivity contribution in [1.29, 1.82) is 5.26 Å². The minimum absolute atomic E-state index is 0.0949. The fraction of sp³-hybridized carbons (Fsp3) is 0.500. The van der Waals surface area contributed by atoms with Gasteiger partial charge in [0.2, 0.25) is 0 Å². The van der Waals surface area contributed by atoms with Crippen LogP contribution >= 0.6 is 0 Å². The van der Waals surface area contributed by atoms with Gasteiger partial charge < -0.3 is 9.30 Å². The molecular weight excluding hydrogens is 204 g/mol. The monoisotopic (exact) mass is 218 g/mol. The van der Waals surface area contributed by atoms with Gasteiger partial charge in [0.1, 0.15) is 11.8 Å². The fourth-order valence-corrected chi connectivity index (χ4v) is 1.93. The number of ether oxygens (including phenoxy) is 1. The van der Waals surface area contributed by atoms with Gasteiger partial charge in [-0.1, -0.05) is 0 Å². The second-order valence-corrected chi connectivity index (χ2v) is 4.16. The zero-order chi connectivity index (χ0) is 11.7. The second-order valence-electron chi connectivity index (χ2n) is 4.16. The van der Waals surface area contributed by atoms with Gasteiger partial charge >= 0.3 is 0 Å². The quantitative estimate of drug-likeness (QED) is 0.775. The Labute approximate surface area is 94.1 Å². The summed E-state index contributed by atoms with van der Waals surface area (Å²) >= 11 is 0. The van der Waals surface area contributed by atoms with Crippen LogP contribution in [0, 0.1) is 17.2 Å². The topological polar surface area (TPSA) is 55.0 Å². The summed E-state index contributed by atoms with van der Waals surface area (Å²) in [7, 11) is 1.46. The molecule has 0 aromatic carbocycles. The summed E-state index contributed by atoms with van der Waals surface area (Å²) in [6.07, 6.45) is 4.05. The van der Waals surface area contributed by atoms with E-state index in [0.717, 1.165) is 0 Å². The molecule has 1 saturated carbocycles. The normalized spacial score (nSPS) is 16.6. The van der Waals surface area contributed by atoms with Gasteiger partial charge in [-0.05, 0) is 31.7 Å². The molecule has 2 rings (SSSR count). The maximum atomic E-state index is 12.0. The van der Waals surface area contributed by atoms with Gasteiger partial charge in [-0.25, -0.2) is 0 Å². The lowest BCUT2D eigenvalue weighted by Crippen LogP contribution is -2.26. The van der Waals surface area contributed by atoms with Crippen LogP contribution in [0.1, 0.15) is 31.4 Å². The standard InChI is InChI=1S/C12H14N2O2/c1-8(9-3-4-9)14-6-5-11(16-2)10(7-13)12(14)15/h5-6,8-9H,3-4H2,1-2H3. The van der Waals surface area contributed by atoms with Gasteiger partial charge in [0.15, 0.2) is 5.56 Å². The molecule has 1 heterocycles. The average Bonchev–Trinajstić information content (AvgIpc) is 3.11. The Hall–Kier alpha value is -1.76. The van der Waals surface area contributed by atoms with E-state index in [0.29, 0.717) is 11.7 Å². The Balaban J connectivity index is 2.48. The van der Waals surface area contributed by atoms with Crippen LogP contribution in [0.15, 0.2) is 17.1 Å². The molecule has 1 aromatic rings. The third kappa shape index (κ3) is 1.69. The van der Waals surface area contributed by atoms with E-state index in [1.54, 1.807) is 16.8 Å². The number of nitriles is 1. The number of methoxy groups -OCH3 is 1. The van der Waals surface area contributed by atoms with E-state index in [1.165, 1.54) is 20.0 Å². The third-order valence-electron chi connectivity index (χ3n) is 3.16. The highest BCUT2D eigenvalue weighted by atomic mass is 16.5. The van der Waals surface area contributed by atoms with Crippen LogP contribution in [0.5, 0.6) is 5.75 Å². The van der Waals surface area contributed by atoms with Gasteiger partial charge in [-0.15, -0.1) is 0 Å². The molecule has 4 nitrogen and oxygen atoms in total. The average molecular weight is 218 g/mol. The van der Waals surface area contributed by atoms with E-state index in [1.807, 2.05) is 13.0 Å². The molecule has 1 fully saturated rings. The molecule has 0 bridgehead atoms. The van der Waals surface area contributed by atoms with Crippen molar-refractivity contribution in [2.24, 2.45) is 5.92 Å². The molecule has 0 spiro atoms. The summed E-state index contributed by atoms with van der Waals surface area (Å²) in [5.74, 6) is 0.935. The SMILES string of the molecule is COc1ccn(C(C)C2CC2)c(=O)c1C#N. The van der Waals surface area contributed by atoms with Gasteiger partial charge in [0.25, 0.3) is 5.56 Å². The lowest BCUT2D eigenvalue weighted by Gasteiger charge is -2.15. The van der Waals surface area contributed by atoms with Crippen LogP contribution in [0.4, 0.5) is 0 Å². The predicted molar refractivity (Wildman–Crippen MR) is 59.4 cm³/mol. The number of hydrogen-bond acceptors (Lipinski definition) is 3. The predicted octanol–water partition coefficient (Wildman–Crippen LogP) is 1.70. The van der Waals surface area contributed by atoms with Crippen molar-refractivity contribution in [3.63, 3.8) is 0 Å². The number of nitrogens with zero attached hydrogens (tertiary/aromatic N) is 2. The van der Waals surface area contributed by atoms with Crippen LogP contribution in [-0.4, -0.2) is 11.7 Å². The number of pyridine rings is 1. The number of rotatable bonds is 3. The van der Waals surface area contributed by atoms with Gasteiger partial charge in [0.05, 0.1) is 7.11 Å². The van der Waals surface area contributed by atoms with Crippen molar-refractivity contribution in [1.82, 2.24) is 4.57 Å². The summed E-state index contributed by atoms with van der Waals surface area (Å²) in [6.45, 7) is 2.02. The Morgan fingerprint density at radius 3 is 2.81 bits per heavy atom. The lowest BCUT2D eigenvalue weighted by atomic mass is 10.2. The molecule has 1 aliphatic carbocycles. The van der Waals surface area contributed by atoms with Crippen molar-refractivity contribution in [2.75, 3.05) is 7.11 Å². The zero-order valence-electron chi connectivity index (χ0n) is 9.43. The van der Waals surface area contributed by atoms with Crippen LogP contribution < -0.4 is 10.3 Å². The van der Waals surface area contributed by atoms with E-state index in [-0.39, 0.29) is 17.2 Å². The van der Waals surface area contributed by atoms with Crippen molar-refractivity contribution in [3.05, 3.63) is 28.2 Å².